The summed E-state index contributed by atoms with van der Waals surface area (Å²) in [6.07, 6.45) is 3.98. The number of hydrogen-bond donors (Lipinski definition) is 0. The van der Waals surface area contributed by atoms with Crippen molar-refractivity contribution in [1.82, 2.24) is 4.90 Å². The van der Waals surface area contributed by atoms with E-state index in [-0.39, 0.29) is 11.8 Å². The summed E-state index contributed by atoms with van der Waals surface area (Å²) < 4.78 is 0. The zero-order valence-corrected chi connectivity index (χ0v) is 10.6. The maximum atomic E-state index is 12.0. The number of amides is 2. The van der Waals surface area contributed by atoms with Crippen LogP contribution in [0.3, 0.4) is 0 Å². The number of hydrogen-bond acceptors (Lipinski definition) is 3. The molecule has 3 nitrogen and oxygen atoms in total. The Labute approximate surface area is 105 Å². The van der Waals surface area contributed by atoms with E-state index in [0.717, 1.165) is 18.6 Å². The summed E-state index contributed by atoms with van der Waals surface area (Å²) in [6, 6.07) is 7.03. The summed E-state index contributed by atoms with van der Waals surface area (Å²) in [5, 5.41) is 0. The van der Waals surface area contributed by atoms with Crippen molar-refractivity contribution in [3.05, 3.63) is 35.4 Å². The zero-order chi connectivity index (χ0) is 12.3. The number of benzene rings is 1. The van der Waals surface area contributed by atoms with E-state index in [1.807, 2.05) is 0 Å². The predicted molar refractivity (Wildman–Crippen MR) is 69.4 cm³/mol. The molecule has 0 spiro atoms. The van der Waals surface area contributed by atoms with Crippen LogP contribution in [0.5, 0.6) is 0 Å². The van der Waals surface area contributed by atoms with Gasteiger partial charge in [-0.2, -0.15) is 11.8 Å². The van der Waals surface area contributed by atoms with Crippen molar-refractivity contribution in [3.8, 4) is 0 Å². The lowest BCUT2D eigenvalue weighted by Gasteiger charge is -2.12. The van der Waals surface area contributed by atoms with Crippen molar-refractivity contribution in [2.75, 3.05) is 18.6 Å². The van der Waals surface area contributed by atoms with Crippen molar-refractivity contribution < 1.29 is 9.59 Å². The largest absolute Gasteiger partial charge is 0.274 e. The van der Waals surface area contributed by atoms with Crippen LogP contribution in [0.15, 0.2) is 24.3 Å². The molecule has 1 aromatic rings. The second-order valence-electron chi connectivity index (χ2n) is 4.01. The lowest BCUT2D eigenvalue weighted by molar-refractivity contribution is 0.0652. The standard InChI is InChI=1S/C13H15NO2S/c1-17-9-5-4-8-14-12(15)10-6-2-3-7-11(10)13(14)16/h2-3,6-7H,4-5,8-9H2,1H3/i1+2. The first-order valence-electron chi connectivity index (χ1n) is 5.70. The van der Waals surface area contributed by atoms with Crippen molar-refractivity contribution in [3.63, 3.8) is 0 Å². The van der Waals surface area contributed by atoms with Crippen LogP contribution in [0, 0.1) is 0 Å². The summed E-state index contributed by atoms with van der Waals surface area (Å²) in [7, 11) is 0. The van der Waals surface area contributed by atoms with Gasteiger partial charge in [0.2, 0.25) is 0 Å². The van der Waals surface area contributed by atoms with E-state index in [2.05, 4.69) is 6.26 Å². The molecule has 0 bridgehead atoms. The molecule has 0 aromatic heterocycles. The van der Waals surface area contributed by atoms with Crippen molar-refractivity contribution >= 4 is 23.6 Å². The molecule has 4 heteroatoms. The quantitative estimate of drug-likeness (QED) is 0.596. The van der Waals surface area contributed by atoms with E-state index in [4.69, 9.17) is 0 Å². The van der Waals surface area contributed by atoms with E-state index < -0.39 is 0 Å². The molecule has 2 amide bonds. The number of carbonyl (C=O) groups is 2. The van der Waals surface area contributed by atoms with Gasteiger partial charge in [-0.15, -0.1) is 0 Å². The molecular weight excluding hydrogens is 236 g/mol. The Balaban J connectivity index is 2.03. The van der Waals surface area contributed by atoms with Crippen LogP contribution in [-0.4, -0.2) is 35.3 Å². The Hall–Kier alpha value is -1.29. The Morgan fingerprint density at radius 1 is 1.06 bits per heavy atom. The average Bonchev–Trinajstić information content (AvgIpc) is 2.60. The number of fused-ring (bicyclic) bond motifs is 1. The Morgan fingerprint density at radius 2 is 1.65 bits per heavy atom. The molecule has 0 fully saturated rings. The lowest BCUT2D eigenvalue weighted by Crippen LogP contribution is -2.30. The molecular formula is C13H15NO2S. The molecule has 0 aliphatic carbocycles. The highest BCUT2D eigenvalue weighted by atomic mass is 32.2. The van der Waals surface area contributed by atoms with Gasteiger partial charge in [0.25, 0.3) is 11.8 Å². The van der Waals surface area contributed by atoms with Crippen molar-refractivity contribution in [1.29, 1.82) is 0 Å². The fraction of sp³-hybridized carbons (Fsp3) is 0.385. The molecule has 1 heterocycles. The van der Waals surface area contributed by atoms with Crippen LogP contribution in [-0.2, 0) is 0 Å². The second-order valence-corrected chi connectivity index (χ2v) is 4.99. The third-order valence-electron chi connectivity index (χ3n) is 2.86. The number of rotatable bonds is 5. The van der Waals surface area contributed by atoms with E-state index in [1.165, 1.54) is 4.90 Å². The van der Waals surface area contributed by atoms with Crippen LogP contribution in [0.25, 0.3) is 0 Å². The van der Waals surface area contributed by atoms with Crippen LogP contribution in [0.4, 0.5) is 0 Å². The number of nitrogens with zero attached hydrogens (tertiary/aromatic N) is 1. The summed E-state index contributed by atoms with van der Waals surface area (Å²) in [4.78, 5) is 25.3. The van der Waals surface area contributed by atoms with Gasteiger partial charge in [-0.1, -0.05) is 12.1 Å². The van der Waals surface area contributed by atoms with Gasteiger partial charge in [-0.05, 0) is 37.0 Å². The third kappa shape index (κ3) is 2.36. The minimum absolute atomic E-state index is 0.144. The molecule has 0 atom stereocenters. The average molecular weight is 251 g/mol. The third-order valence-corrected chi connectivity index (χ3v) is 3.56. The molecule has 0 saturated carbocycles. The fourth-order valence-corrected chi connectivity index (χ4v) is 2.45. The molecule has 1 aliphatic rings. The number of thioether (sulfide) groups is 1. The Bertz CT molecular complexity index is 410. The molecule has 0 unspecified atom stereocenters. The number of unbranched alkanes of at least 4 members (excludes halogenated alkanes) is 1. The molecule has 0 radical (unpaired) electrons. The van der Waals surface area contributed by atoms with Gasteiger partial charge in [0.1, 0.15) is 0 Å². The number of imide groups is 1. The minimum atomic E-state index is -0.144. The predicted octanol–water partition coefficient (Wildman–Crippen LogP) is 2.43. The topological polar surface area (TPSA) is 37.4 Å². The van der Waals surface area contributed by atoms with Gasteiger partial charge in [-0.25, -0.2) is 0 Å². The molecule has 1 aliphatic heterocycles. The van der Waals surface area contributed by atoms with Crippen LogP contribution >= 0.6 is 11.8 Å². The highest BCUT2D eigenvalue weighted by molar-refractivity contribution is 7.98. The first-order chi connectivity index (χ1) is 8.25. The molecule has 17 heavy (non-hydrogen) atoms. The zero-order valence-electron chi connectivity index (χ0n) is 9.81. The van der Waals surface area contributed by atoms with E-state index in [1.54, 1.807) is 36.0 Å². The molecule has 0 saturated heterocycles. The monoisotopic (exact) mass is 251 g/mol. The fourth-order valence-electron chi connectivity index (χ4n) is 1.96. The summed E-state index contributed by atoms with van der Waals surface area (Å²) in [6.45, 7) is 0.535. The van der Waals surface area contributed by atoms with Gasteiger partial charge >= 0.3 is 0 Å². The number of carbonyl (C=O) groups excluding carboxylic acids is 2. The second kappa shape index (κ2) is 5.36. The SMILES string of the molecule is [14CH3]SCCCCN1C(=O)c2ccccc2C1=O. The summed E-state index contributed by atoms with van der Waals surface area (Å²) in [5.41, 5.74) is 1.09. The maximum absolute atomic E-state index is 12.0. The van der Waals surface area contributed by atoms with Crippen molar-refractivity contribution in [2.24, 2.45) is 0 Å². The highest BCUT2D eigenvalue weighted by Crippen LogP contribution is 2.22. The van der Waals surface area contributed by atoms with E-state index >= 15 is 0 Å². The molecule has 1 aromatic carbocycles. The summed E-state index contributed by atoms with van der Waals surface area (Å²) >= 11 is 1.78. The maximum Gasteiger partial charge on any atom is 0.261 e. The van der Waals surface area contributed by atoms with Crippen LogP contribution in [0.1, 0.15) is 33.6 Å². The first kappa shape index (κ1) is 12.2. The first-order valence-corrected chi connectivity index (χ1v) is 7.09. The highest BCUT2D eigenvalue weighted by Gasteiger charge is 2.34. The Kier molecular flexibility index (Phi) is 3.84. The minimum Gasteiger partial charge on any atom is -0.274 e. The van der Waals surface area contributed by atoms with Gasteiger partial charge < -0.3 is 0 Å². The van der Waals surface area contributed by atoms with Crippen molar-refractivity contribution in [2.45, 2.75) is 12.8 Å². The lowest BCUT2D eigenvalue weighted by atomic mass is 10.1. The van der Waals surface area contributed by atoms with Gasteiger partial charge in [0, 0.05) is 6.54 Å². The normalized spacial score (nSPS) is 14.3. The van der Waals surface area contributed by atoms with Crippen LogP contribution < -0.4 is 0 Å². The van der Waals surface area contributed by atoms with Gasteiger partial charge in [0.05, 0.1) is 11.1 Å². The van der Waals surface area contributed by atoms with E-state index in [9.17, 15) is 9.59 Å². The van der Waals surface area contributed by atoms with Gasteiger partial charge in [-0.3, -0.25) is 14.5 Å². The van der Waals surface area contributed by atoms with E-state index in [0.29, 0.717) is 17.7 Å². The Morgan fingerprint density at radius 3 is 2.18 bits per heavy atom. The summed E-state index contributed by atoms with van der Waals surface area (Å²) in [5.74, 6) is 0.785. The molecule has 0 N–H and O–H groups in total. The van der Waals surface area contributed by atoms with Crippen LogP contribution in [0.2, 0.25) is 0 Å². The smallest absolute Gasteiger partial charge is 0.261 e. The molecule has 90 valence electrons. The van der Waals surface area contributed by atoms with Gasteiger partial charge in [0.15, 0.2) is 0 Å². The molecule has 2 rings (SSSR count).